The SMILES string of the molecule is CCCC/C=C/CCC1CC1CC. The molecule has 0 aliphatic heterocycles. The number of unbranched alkanes of at least 4 members (excludes halogenated alkanes) is 2. The Bertz CT molecular complexity index is 146. The summed E-state index contributed by atoms with van der Waals surface area (Å²) in [7, 11) is 0. The third kappa shape index (κ3) is 4.50. The number of hydrogen-bond donors (Lipinski definition) is 0. The fourth-order valence-corrected chi connectivity index (χ4v) is 2.03. The van der Waals surface area contributed by atoms with Crippen molar-refractivity contribution in [1.82, 2.24) is 0 Å². The van der Waals surface area contributed by atoms with Crippen molar-refractivity contribution in [2.45, 2.75) is 58.8 Å². The predicted octanol–water partition coefficient (Wildman–Crippen LogP) is 4.56. The number of hydrogen-bond acceptors (Lipinski definition) is 0. The lowest BCUT2D eigenvalue weighted by atomic mass is 10.1. The topological polar surface area (TPSA) is 0 Å². The second-order valence-corrected chi connectivity index (χ2v) is 4.36. The van der Waals surface area contributed by atoms with Gasteiger partial charge in [0.15, 0.2) is 0 Å². The van der Waals surface area contributed by atoms with Gasteiger partial charge in [-0.25, -0.2) is 0 Å². The van der Waals surface area contributed by atoms with Crippen molar-refractivity contribution in [1.29, 1.82) is 0 Å². The Kier molecular flexibility index (Phi) is 5.19. The summed E-state index contributed by atoms with van der Waals surface area (Å²) in [6.07, 6.45) is 14.4. The summed E-state index contributed by atoms with van der Waals surface area (Å²) in [6.45, 7) is 4.58. The van der Waals surface area contributed by atoms with Gasteiger partial charge in [-0.15, -0.1) is 0 Å². The summed E-state index contributed by atoms with van der Waals surface area (Å²) >= 11 is 0. The Morgan fingerprint density at radius 3 is 2.46 bits per heavy atom. The first-order chi connectivity index (χ1) is 6.38. The minimum atomic E-state index is 1.08. The summed E-state index contributed by atoms with van der Waals surface area (Å²) in [4.78, 5) is 0. The maximum absolute atomic E-state index is 2.39. The van der Waals surface area contributed by atoms with Crippen molar-refractivity contribution >= 4 is 0 Å². The van der Waals surface area contributed by atoms with Gasteiger partial charge in [0, 0.05) is 0 Å². The molecule has 0 heterocycles. The molecule has 1 aliphatic rings. The smallest absolute Gasteiger partial charge is 0.0348 e. The molecule has 2 atom stereocenters. The van der Waals surface area contributed by atoms with Gasteiger partial charge in [-0.1, -0.05) is 45.3 Å². The van der Waals surface area contributed by atoms with Gasteiger partial charge in [-0.2, -0.15) is 0 Å². The van der Waals surface area contributed by atoms with Crippen LogP contribution in [0.5, 0.6) is 0 Å². The molecule has 1 fully saturated rings. The van der Waals surface area contributed by atoms with Crippen LogP contribution in [0.15, 0.2) is 12.2 Å². The maximum Gasteiger partial charge on any atom is -0.0348 e. The quantitative estimate of drug-likeness (QED) is 0.398. The van der Waals surface area contributed by atoms with E-state index in [1.807, 2.05) is 0 Å². The van der Waals surface area contributed by atoms with Gasteiger partial charge >= 0.3 is 0 Å². The molecule has 2 unspecified atom stereocenters. The van der Waals surface area contributed by atoms with E-state index in [0.717, 1.165) is 11.8 Å². The van der Waals surface area contributed by atoms with Gasteiger partial charge in [0.25, 0.3) is 0 Å². The lowest BCUT2D eigenvalue weighted by Crippen LogP contribution is -1.79. The summed E-state index contributed by atoms with van der Waals surface area (Å²) in [6, 6.07) is 0. The van der Waals surface area contributed by atoms with Gasteiger partial charge in [-0.05, 0) is 37.5 Å². The normalized spacial score (nSPS) is 26.9. The van der Waals surface area contributed by atoms with Crippen molar-refractivity contribution in [3.8, 4) is 0 Å². The van der Waals surface area contributed by atoms with Gasteiger partial charge in [0.05, 0.1) is 0 Å². The highest BCUT2D eigenvalue weighted by molar-refractivity contribution is 4.89. The lowest BCUT2D eigenvalue weighted by molar-refractivity contribution is 0.637. The minimum absolute atomic E-state index is 1.08. The van der Waals surface area contributed by atoms with E-state index < -0.39 is 0 Å². The van der Waals surface area contributed by atoms with Gasteiger partial charge < -0.3 is 0 Å². The number of rotatable bonds is 7. The van der Waals surface area contributed by atoms with Crippen molar-refractivity contribution in [2.24, 2.45) is 11.8 Å². The molecule has 1 aliphatic carbocycles. The second-order valence-electron chi connectivity index (χ2n) is 4.36. The fraction of sp³-hybridized carbons (Fsp3) is 0.846. The molecular formula is C13H24. The van der Waals surface area contributed by atoms with E-state index in [0.29, 0.717) is 0 Å². The molecule has 76 valence electrons. The largest absolute Gasteiger partial charge is 0.0885 e. The third-order valence-corrected chi connectivity index (χ3v) is 3.19. The first-order valence-electron chi connectivity index (χ1n) is 6.03. The fourth-order valence-electron chi connectivity index (χ4n) is 2.03. The van der Waals surface area contributed by atoms with Crippen LogP contribution < -0.4 is 0 Å². The van der Waals surface area contributed by atoms with E-state index in [4.69, 9.17) is 0 Å². The van der Waals surface area contributed by atoms with Crippen molar-refractivity contribution in [3.63, 3.8) is 0 Å². The number of allylic oxidation sites excluding steroid dienone is 2. The van der Waals surface area contributed by atoms with E-state index in [9.17, 15) is 0 Å². The van der Waals surface area contributed by atoms with Gasteiger partial charge in [-0.3, -0.25) is 0 Å². The zero-order valence-corrected chi connectivity index (χ0v) is 9.26. The molecule has 1 saturated carbocycles. The highest BCUT2D eigenvalue weighted by Gasteiger charge is 2.33. The van der Waals surface area contributed by atoms with Crippen LogP contribution in [0.3, 0.4) is 0 Å². The minimum Gasteiger partial charge on any atom is -0.0885 e. The summed E-state index contributed by atoms with van der Waals surface area (Å²) in [5.74, 6) is 2.17. The van der Waals surface area contributed by atoms with Crippen LogP contribution in [0, 0.1) is 11.8 Å². The van der Waals surface area contributed by atoms with Crippen LogP contribution >= 0.6 is 0 Å². The molecule has 1 rings (SSSR count). The predicted molar refractivity (Wildman–Crippen MR) is 59.8 cm³/mol. The van der Waals surface area contributed by atoms with Crippen LogP contribution in [0.2, 0.25) is 0 Å². The summed E-state index contributed by atoms with van der Waals surface area (Å²) in [5.41, 5.74) is 0. The van der Waals surface area contributed by atoms with Crippen molar-refractivity contribution in [3.05, 3.63) is 12.2 Å². The van der Waals surface area contributed by atoms with E-state index >= 15 is 0 Å². The lowest BCUT2D eigenvalue weighted by Gasteiger charge is -1.93. The summed E-state index contributed by atoms with van der Waals surface area (Å²) < 4.78 is 0. The second kappa shape index (κ2) is 6.23. The molecule has 0 amide bonds. The third-order valence-electron chi connectivity index (χ3n) is 3.19. The molecule has 0 aromatic rings. The van der Waals surface area contributed by atoms with E-state index in [1.165, 1.54) is 44.9 Å². The molecule has 0 radical (unpaired) electrons. The molecule has 0 saturated heterocycles. The Labute approximate surface area is 83.4 Å². The molecule has 0 spiro atoms. The Hall–Kier alpha value is -0.260. The highest BCUT2D eigenvalue weighted by atomic mass is 14.4. The summed E-state index contributed by atoms with van der Waals surface area (Å²) in [5, 5.41) is 0. The monoisotopic (exact) mass is 180 g/mol. The average Bonchev–Trinajstić information content (AvgIpc) is 2.90. The molecule has 0 nitrogen and oxygen atoms in total. The average molecular weight is 180 g/mol. The van der Waals surface area contributed by atoms with Gasteiger partial charge in [0.2, 0.25) is 0 Å². The highest BCUT2D eigenvalue weighted by Crippen LogP contribution is 2.44. The molecule has 13 heavy (non-hydrogen) atoms. The molecule has 0 aromatic carbocycles. The zero-order valence-electron chi connectivity index (χ0n) is 9.26. The van der Waals surface area contributed by atoms with Crippen LogP contribution in [-0.2, 0) is 0 Å². The Morgan fingerprint density at radius 1 is 1.08 bits per heavy atom. The molecule has 0 bridgehead atoms. The molecule has 0 heteroatoms. The van der Waals surface area contributed by atoms with Crippen LogP contribution in [0.1, 0.15) is 58.8 Å². The maximum atomic E-state index is 2.39. The molecular weight excluding hydrogens is 156 g/mol. The van der Waals surface area contributed by atoms with Crippen molar-refractivity contribution < 1.29 is 0 Å². The van der Waals surface area contributed by atoms with Crippen LogP contribution in [0.4, 0.5) is 0 Å². The molecule has 0 aromatic heterocycles. The standard InChI is InChI=1S/C13H24/c1-3-5-6-7-8-9-10-13-11-12(13)4-2/h7-8,12-13H,3-6,9-11H2,1-2H3/b8-7+. The first-order valence-corrected chi connectivity index (χ1v) is 6.03. The van der Waals surface area contributed by atoms with Gasteiger partial charge in [0.1, 0.15) is 0 Å². The van der Waals surface area contributed by atoms with E-state index in [1.54, 1.807) is 0 Å². The first kappa shape index (κ1) is 10.8. The Balaban J connectivity index is 1.87. The Morgan fingerprint density at radius 2 is 1.85 bits per heavy atom. The van der Waals surface area contributed by atoms with Crippen molar-refractivity contribution in [2.75, 3.05) is 0 Å². The zero-order chi connectivity index (χ0) is 9.52. The molecule has 0 N–H and O–H groups in total. The van der Waals surface area contributed by atoms with E-state index in [-0.39, 0.29) is 0 Å². The van der Waals surface area contributed by atoms with Crippen LogP contribution in [-0.4, -0.2) is 0 Å². The van der Waals surface area contributed by atoms with Crippen LogP contribution in [0.25, 0.3) is 0 Å². The van der Waals surface area contributed by atoms with E-state index in [2.05, 4.69) is 26.0 Å².